The second-order valence-electron chi connectivity index (χ2n) is 5.78. The maximum atomic E-state index is 12.8. The Bertz CT molecular complexity index is 520. The summed E-state index contributed by atoms with van der Waals surface area (Å²) >= 11 is 1.92. The van der Waals surface area contributed by atoms with Gasteiger partial charge in [0.2, 0.25) is 0 Å². The number of pyridine rings is 1. The van der Waals surface area contributed by atoms with E-state index in [-0.39, 0.29) is 17.9 Å². The van der Waals surface area contributed by atoms with Crippen molar-refractivity contribution in [3.63, 3.8) is 0 Å². The lowest BCUT2D eigenvalue weighted by atomic mass is 10.1. The molecular weight excluding hydrogens is 284 g/mol. The fraction of sp³-hybridized carbons (Fsp3) is 0.600. The predicted molar refractivity (Wildman–Crippen MR) is 88.6 cm³/mol. The second kappa shape index (κ2) is 6.66. The molecule has 1 amide bonds. The molecule has 21 heavy (non-hydrogen) atoms. The fourth-order valence-corrected chi connectivity index (χ4v) is 3.53. The van der Waals surface area contributed by atoms with Crippen LogP contribution in [0, 0.1) is 0 Å². The largest absolute Gasteiger partial charge is 0.334 e. The van der Waals surface area contributed by atoms with Crippen LogP contribution in [0.5, 0.6) is 0 Å². The first kappa shape index (κ1) is 16.1. The summed E-state index contributed by atoms with van der Waals surface area (Å²) in [5.74, 6) is 7.31. The lowest BCUT2D eigenvalue weighted by Gasteiger charge is -2.37. The Hall–Kier alpha value is -1.27. The van der Waals surface area contributed by atoms with Crippen molar-refractivity contribution in [2.45, 2.75) is 44.9 Å². The van der Waals surface area contributed by atoms with Gasteiger partial charge in [0.05, 0.1) is 0 Å². The quantitative estimate of drug-likeness (QED) is 0.663. The van der Waals surface area contributed by atoms with E-state index < -0.39 is 0 Å². The van der Waals surface area contributed by atoms with Crippen LogP contribution >= 0.6 is 11.8 Å². The van der Waals surface area contributed by atoms with E-state index in [1.165, 1.54) is 0 Å². The van der Waals surface area contributed by atoms with Gasteiger partial charge in [0.15, 0.2) is 0 Å². The molecule has 0 aromatic carbocycles. The maximum Gasteiger partial charge on any atom is 0.254 e. The lowest BCUT2D eigenvalue weighted by molar-refractivity contribution is 0.0698. The van der Waals surface area contributed by atoms with Crippen molar-refractivity contribution < 1.29 is 4.79 Å². The highest BCUT2D eigenvalue weighted by Gasteiger charge is 2.29. The first-order chi connectivity index (χ1) is 9.93. The minimum Gasteiger partial charge on any atom is -0.334 e. The average Bonchev–Trinajstić information content (AvgIpc) is 2.48. The molecule has 6 heteroatoms. The van der Waals surface area contributed by atoms with E-state index in [2.05, 4.69) is 38.1 Å². The number of nitrogen functional groups attached to an aromatic ring is 1. The molecule has 2 rings (SSSR count). The van der Waals surface area contributed by atoms with Crippen LogP contribution in [-0.4, -0.2) is 39.4 Å². The lowest BCUT2D eigenvalue weighted by Crippen LogP contribution is -2.48. The monoisotopic (exact) mass is 308 g/mol. The molecule has 2 heterocycles. The molecule has 0 spiro atoms. The van der Waals surface area contributed by atoms with Crippen LogP contribution in [0.3, 0.4) is 0 Å². The molecule has 1 aromatic rings. The Kier molecular flexibility index (Phi) is 5.11. The van der Waals surface area contributed by atoms with E-state index in [1.807, 2.05) is 22.7 Å². The zero-order valence-electron chi connectivity index (χ0n) is 13.1. The molecule has 1 aromatic heterocycles. The van der Waals surface area contributed by atoms with E-state index >= 15 is 0 Å². The van der Waals surface area contributed by atoms with Crippen molar-refractivity contribution in [3.8, 4) is 0 Å². The minimum atomic E-state index is 0.0652. The van der Waals surface area contributed by atoms with Gasteiger partial charge in [0, 0.05) is 34.8 Å². The van der Waals surface area contributed by atoms with Gasteiger partial charge in [-0.05, 0) is 25.0 Å². The number of hydrogen-bond acceptors (Lipinski definition) is 5. The summed E-state index contributed by atoms with van der Waals surface area (Å²) in [5.41, 5.74) is 4.09. The Morgan fingerprint density at radius 2 is 2.19 bits per heavy atom. The molecule has 2 unspecified atom stereocenters. The molecule has 0 bridgehead atoms. The first-order valence-electron chi connectivity index (χ1n) is 7.35. The number of nitrogens with one attached hydrogen (secondary N) is 1. The molecule has 116 valence electrons. The topological polar surface area (TPSA) is 71.2 Å². The summed E-state index contributed by atoms with van der Waals surface area (Å²) in [6.45, 7) is 9.19. The number of nitrogens with zero attached hydrogens (tertiary/aromatic N) is 2. The highest BCUT2D eigenvalue weighted by Crippen LogP contribution is 2.26. The Morgan fingerprint density at radius 1 is 1.48 bits per heavy atom. The summed E-state index contributed by atoms with van der Waals surface area (Å²) < 4.78 is 0. The van der Waals surface area contributed by atoms with Crippen LogP contribution in [0.15, 0.2) is 12.1 Å². The number of aromatic nitrogens is 1. The Balaban J connectivity index is 2.31. The smallest absolute Gasteiger partial charge is 0.254 e. The van der Waals surface area contributed by atoms with Crippen molar-refractivity contribution >= 4 is 23.5 Å². The number of hydrazine groups is 1. The van der Waals surface area contributed by atoms with Gasteiger partial charge in [-0.3, -0.25) is 4.79 Å². The van der Waals surface area contributed by atoms with Gasteiger partial charge in [-0.25, -0.2) is 10.8 Å². The van der Waals surface area contributed by atoms with Crippen LogP contribution in [0.2, 0.25) is 0 Å². The molecule has 3 N–H and O–H groups in total. The van der Waals surface area contributed by atoms with Crippen molar-refractivity contribution in [1.82, 2.24) is 9.88 Å². The van der Waals surface area contributed by atoms with Gasteiger partial charge in [-0.2, -0.15) is 11.8 Å². The van der Waals surface area contributed by atoms with Crippen LogP contribution < -0.4 is 11.3 Å². The standard InChI is InChI=1S/C15H24N4OS/c1-9(2)13-7-12(8-14(17-13)18-16)15(20)19-5-6-21-11(4)10(19)3/h7-11H,5-6,16H2,1-4H3,(H,17,18). The third kappa shape index (κ3) is 3.49. The molecule has 2 atom stereocenters. The van der Waals surface area contributed by atoms with Gasteiger partial charge >= 0.3 is 0 Å². The molecule has 1 aliphatic heterocycles. The Morgan fingerprint density at radius 3 is 2.81 bits per heavy atom. The number of thioether (sulfide) groups is 1. The summed E-state index contributed by atoms with van der Waals surface area (Å²) in [6.07, 6.45) is 0. The SMILES string of the molecule is CC(C)c1cc(C(=O)N2CCSC(C)C2C)cc(NN)n1. The van der Waals surface area contributed by atoms with E-state index in [4.69, 9.17) is 5.84 Å². The van der Waals surface area contributed by atoms with Crippen LogP contribution in [0.4, 0.5) is 5.82 Å². The number of carbonyl (C=O) groups is 1. The van der Waals surface area contributed by atoms with Gasteiger partial charge in [0.1, 0.15) is 5.82 Å². The third-order valence-corrected chi connectivity index (χ3v) is 5.31. The molecule has 5 nitrogen and oxygen atoms in total. The third-order valence-electron chi connectivity index (χ3n) is 3.98. The summed E-state index contributed by atoms with van der Waals surface area (Å²) in [4.78, 5) is 19.2. The van der Waals surface area contributed by atoms with Gasteiger partial charge in [-0.15, -0.1) is 0 Å². The summed E-state index contributed by atoms with van der Waals surface area (Å²) in [6, 6.07) is 3.85. The minimum absolute atomic E-state index is 0.0652. The molecule has 0 saturated carbocycles. The van der Waals surface area contributed by atoms with Gasteiger partial charge in [-0.1, -0.05) is 20.8 Å². The highest BCUT2D eigenvalue weighted by atomic mass is 32.2. The first-order valence-corrected chi connectivity index (χ1v) is 8.40. The van der Waals surface area contributed by atoms with Gasteiger partial charge < -0.3 is 10.3 Å². The normalized spacial score (nSPS) is 22.5. The van der Waals surface area contributed by atoms with E-state index in [0.717, 1.165) is 18.0 Å². The van der Waals surface area contributed by atoms with Crippen LogP contribution in [0.25, 0.3) is 0 Å². The molecular formula is C15H24N4OS. The van der Waals surface area contributed by atoms with Crippen molar-refractivity contribution in [2.24, 2.45) is 5.84 Å². The van der Waals surface area contributed by atoms with Crippen LogP contribution in [0.1, 0.15) is 49.7 Å². The highest BCUT2D eigenvalue weighted by molar-refractivity contribution is 8.00. The predicted octanol–water partition coefficient (Wildman–Crippen LogP) is 2.46. The van der Waals surface area contributed by atoms with Crippen molar-refractivity contribution in [1.29, 1.82) is 0 Å². The number of nitrogens with two attached hydrogens (primary N) is 1. The van der Waals surface area contributed by atoms with Crippen molar-refractivity contribution in [3.05, 3.63) is 23.4 Å². The number of rotatable bonds is 3. The number of anilines is 1. The van der Waals surface area contributed by atoms with E-state index in [9.17, 15) is 4.79 Å². The fourth-order valence-electron chi connectivity index (χ4n) is 2.43. The average molecular weight is 308 g/mol. The molecule has 1 fully saturated rings. The molecule has 1 aliphatic rings. The molecule has 0 aliphatic carbocycles. The summed E-state index contributed by atoms with van der Waals surface area (Å²) in [7, 11) is 0. The zero-order chi connectivity index (χ0) is 15.6. The molecule has 1 saturated heterocycles. The second-order valence-corrected chi connectivity index (χ2v) is 7.27. The Labute approximate surface area is 130 Å². The van der Waals surface area contributed by atoms with E-state index in [1.54, 1.807) is 6.07 Å². The van der Waals surface area contributed by atoms with Crippen molar-refractivity contribution in [2.75, 3.05) is 17.7 Å². The van der Waals surface area contributed by atoms with E-state index in [0.29, 0.717) is 16.6 Å². The van der Waals surface area contributed by atoms with Crippen LogP contribution in [-0.2, 0) is 0 Å². The number of amides is 1. The molecule has 0 radical (unpaired) electrons. The number of carbonyl (C=O) groups excluding carboxylic acids is 1. The zero-order valence-corrected chi connectivity index (χ0v) is 13.9. The maximum absolute atomic E-state index is 12.8. The van der Waals surface area contributed by atoms with Gasteiger partial charge in [0.25, 0.3) is 5.91 Å². The summed E-state index contributed by atoms with van der Waals surface area (Å²) in [5, 5.41) is 0.459. The number of hydrogen-bond donors (Lipinski definition) is 2.